The summed E-state index contributed by atoms with van der Waals surface area (Å²) in [6.45, 7) is 1.49. The van der Waals surface area contributed by atoms with Gasteiger partial charge >= 0.3 is 0 Å². The van der Waals surface area contributed by atoms with Crippen molar-refractivity contribution in [2.75, 3.05) is 25.0 Å². The number of halogens is 2. The van der Waals surface area contributed by atoms with Crippen molar-refractivity contribution in [1.29, 1.82) is 0 Å². The fourth-order valence-corrected chi connectivity index (χ4v) is 4.09. The Morgan fingerprint density at radius 1 is 0.917 bits per heavy atom. The summed E-state index contributed by atoms with van der Waals surface area (Å²) in [6.07, 6.45) is 3.74. The van der Waals surface area contributed by atoms with Crippen molar-refractivity contribution >= 4 is 58.7 Å². The van der Waals surface area contributed by atoms with Gasteiger partial charge in [-0.25, -0.2) is 0 Å². The molecule has 4 aromatic rings. The highest BCUT2D eigenvalue weighted by Gasteiger charge is 2.15. The number of hydrogen-bond donors (Lipinski definition) is 0. The van der Waals surface area contributed by atoms with E-state index in [0.29, 0.717) is 23.6 Å². The molecule has 1 aliphatic rings. The Bertz CT molecular complexity index is 1450. The number of hydrogen-bond acceptors (Lipinski definition) is 5. The van der Waals surface area contributed by atoms with E-state index in [4.69, 9.17) is 9.73 Å². The van der Waals surface area contributed by atoms with Gasteiger partial charge in [0, 0.05) is 42.5 Å². The number of likely N-dealkylation sites (N-methyl/N-ethyl adjacent to an activating group) is 1. The monoisotopic (exact) mass is 521 g/mol. The minimum absolute atomic E-state index is 0. The van der Waals surface area contributed by atoms with E-state index in [9.17, 15) is 10.1 Å². The van der Waals surface area contributed by atoms with Crippen molar-refractivity contribution in [3.05, 3.63) is 112 Å². The number of nitro groups is 1. The number of fused-ring (bicyclic) bond motifs is 2. The number of benzodiazepines with no additional fused rings is 1. The van der Waals surface area contributed by atoms with Crippen LogP contribution < -0.4 is 9.64 Å². The van der Waals surface area contributed by atoms with E-state index in [0.717, 1.165) is 34.3 Å². The topological polar surface area (TPSA) is 68.0 Å². The lowest BCUT2D eigenvalue weighted by Crippen LogP contribution is -2.20. The second-order valence-electron chi connectivity index (χ2n) is 8.13. The predicted molar refractivity (Wildman–Crippen MR) is 152 cm³/mol. The normalized spacial score (nSPS) is 12.7. The number of rotatable bonds is 5. The van der Waals surface area contributed by atoms with Gasteiger partial charge in [0.25, 0.3) is 5.69 Å². The molecule has 0 atom stereocenters. The molecule has 1 heterocycles. The molecule has 1 aliphatic heterocycles. The third-order valence-corrected chi connectivity index (χ3v) is 5.88. The van der Waals surface area contributed by atoms with Gasteiger partial charge in [-0.15, -0.1) is 24.8 Å². The number of ether oxygens (including phenoxy) is 1. The summed E-state index contributed by atoms with van der Waals surface area (Å²) in [5.74, 6) is 1.21. The molecule has 0 radical (unpaired) electrons. The SMILES string of the molecule is CN1CCN=C(/C=C/c2cc([N+](=O)[O-])ccc2Oc2ccc3ccccc3c2)c2ccccc21.Cl.Cl. The Morgan fingerprint density at radius 3 is 2.47 bits per heavy atom. The third kappa shape index (κ3) is 5.67. The summed E-state index contributed by atoms with van der Waals surface area (Å²) in [5, 5.41) is 13.6. The molecule has 36 heavy (non-hydrogen) atoms. The van der Waals surface area contributed by atoms with Crippen molar-refractivity contribution in [3.8, 4) is 11.5 Å². The number of nitrogens with zero attached hydrogens (tertiary/aromatic N) is 3. The molecule has 0 saturated heterocycles. The van der Waals surface area contributed by atoms with Crippen LogP contribution in [0.5, 0.6) is 11.5 Å². The van der Waals surface area contributed by atoms with Crippen LogP contribution in [0.25, 0.3) is 16.8 Å². The van der Waals surface area contributed by atoms with Crippen molar-refractivity contribution in [1.82, 2.24) is 0 Å². The molecule has 0 saturated carbocycles. The molecule has 0 spiro atoms. The molecular formula is C28H25Cl2N3O3. The zero-order valence-corrected chi connectivity index (χ0v) is 21.2. The van der Waals surface area contributed by atoms with Gasteiger partial charge < -0.3 is 9.64 Å². The number of nitro benzene ring substituents is 1. The van der Waals surface area contributed by atoms with Crippen molar-refractivity contribution in [3.63, 3.8) is 0 Å². The van der Waals surface area contributed by atoms with E-state index >= 15 is 0 Å². The van der Waals surface area contributed by atoms with Gasteiger partial charge in [0.2, 0.25) is 0 Å². The van der Waals surface area contributed by atoms with Gasteiger partial charge in [-0.1, -0.05) is 48.5 Å². The molecule has 0 amide bonds. The molecule has 0 N–H and O–H groups in total. The molecular weight excluding hydrogens is 497 g/mol. The molecule has 0 bridgehead atoms. The average molecular weight is 522 g/mol. The van der Waals surface area contributed by atoms with Crippen LogP contribution in [0.4, 0.5) is 11.4 Å². The largest absolute Gasteiger partial charge is 0.457 e. The van der Waals surface area contributed by atoms with E-state index in [2.05, 4.69) is 18.0 Å². The number of allylic oxidation sites excluding steroid dienone is 1. The lowest BCUT2D eigenvalue weighted by molar-refractivity contribution is -0.384. The van der Waals surface area contributed by atoms with Crippen LogP contribution >= 0.6 is 24.8 Å². The first-order chi connectivity index (χ1) is 16.6. The maximum absolute atomic E-state index is 11.4. The summed E-state index contributed by atoms with van der Waals surface area (Å²) < 4.78 is 6.18. The summed E-state index contributed by atoms with van der Waals surface area (Å²) in [7, 11) is 2.05. The first-order valence-corrected chi connectivity index (χ1v) is 11.1. The van der Waals surface area contributed by atoms with E-state index in [1.807, 2.05) is 72.8 Å². The molecule has 0 fully saturated rings. The van der Waals surface area contributed by atoms with E-state index in [-0.39, 0.29) is 30.5 Å². The quantitative estimate of drug-likeness (QED) is 0.203. The third-order valence-electron chi connectivity index (χ3n) is 5.88. The molecule has 4 aromatic carbocycles. The number of benzene rings is 4. The maximum atomic E-state index is 11.4. The van der Waals surface area contributed by atoms with Crippen LogP contribution in [-0.4, -0.2) is 30.8 Å². The van der Waals surface area contributed by atoms with Gasteiger partial charge in [-0.3, -0.25) is 15.1 Å². The standard InChI is InChI=1S/C28H23N3O3.2ClH/c1-30-17-16-29-26(25-8-4-5-9-27(25)30)14-11-22-18-23(31(32)33)12-15-28(22)34-24-13-10-20-6-2-3-7-21(20)19-24;;/h2-15,18-19H,16-17H2,1H3;2*1H/b14-11+;;. The zero-order valence-electron chi connectivity index (χ0n) is 19.5. The predicted octanol–water partition coefficient (Wildman–Crippen LogP) is 7.34. The van der Waals surface area contributed by atoms with Gasteiger partial charge in [-0.2, -0.15) is 0 Å². The number of para-hydroxylation sites is 1. The van der Waals surface area contributed by atoms with Crippen LogP contribution in [0.1, 0.15) is 11.1 Å². The molecule has 5 rings (SSSR count). The second-order valence-corrected chi connectivity index (χ2v) is 8.13. The van der Waals surface area contributed by atoms with Crippen LogP contribution in [-0.2, 0) is 0 Å². The van der Waals surface area contributed by atoms with E-state index in [1.54, 1.807) is 6.07 Å². The number of aliphatic imine (C=N–C) groups is 1. The summed E-state index contributed by atoms with van der Waals surface area (Å²) in [4.78, 5) is 18.0. The lowest BCUT2D eigenvalue weighted by Gasteiger charge is -2.18. The number of anilines is 1. The highest BCUT2D eigenvalue weighted by Crippen LogP contribution is 2.32. The Balaban J connectivity index is 0.00000180. The number of non-ortho nitro benzene ring substituents is 1. The molecule has 6 nitrogen and oxygen atoms in total. The van der Waals surface area contributed by atoms with E-state index < -0.39 is 4.92 Å². The maximum Gasteiger partial charge on any atom is 0.270 e. The van der Waals surface area contributed by atoms with E-state index in [1.165, 1.54) is 12.1 Å². The van der Waals surface area contributed by atoms with Gasteiger partial charge in [0.05, 0.1) is 17.2 Å². The van der Waals surface area contributed by atoms with Gasteiger partial charge in [0.15, 0.2) is 0 Å². The fraction of sp³-hybridized carbons (Fsp3) is 0.107. The highest BCUT2D eigenvalue weighted by atomic mass is 35.5. The Kier molecular flexibility index (Phi) is 8.69. The molecule has 184 valence electrons. The van der Waals surface area contributed by atoms with Crippen LogP contribution in [0, 0.1) is 10.1 Å². The summed E-state index contributed by atoms with van der Waals surface area (Å²) in [6, 6.07) is 26.7. The first-order valence-electron chi connectivity index (χ1n) is 11.1. The van der Waals surface area contributed by atoms with Crippen LogP contribution in [0.3, 0.4) is 0 Å². The minimum Gasteiger partial charge on any atom is -0.457 e. The Labute approximate surface area is 221 Å². The lowest BCUT2D eigenvalue weighted by atomic mass is 10.0. The Morgan fingerprint density at radius 2 is 1.67 bits per heavy atom. The van der Waals surface area contributed by atoms with Crippen molar-refractivity contribution in [2.24, 2.45) is 4.99 Å². The highest BCUT2D eigenvalue weighted by molar-refractivity contribution is 6.14. The molecule has 8 heteroatoms. The van der Waals surface area contributed by atoms with Crippen molar-refractivity contribution in [2.45, 2.75) is 0 Å². The molecule has 0 aliphatic carbocycles. The fourth-order valence-electron chi connectivity index (χ4n) is 4.09. The first kappa shape index (κ1) is 26.7. The second kappa shape index (κ2) is 11.7. The molecule has 0 unspecified atom stereocenters. The summed E-state index contributed by atoms with van der Waals surface area (Å²) >= 11 is 0. The van der Waals surface area contributed by atoms with Crippen LogP contribution in [0.2, 0.25) is 0 Å². The summed E-state index contributed by atoms with van der Waals surface area (Å²) in [5.41, 5.74) is 3.59. The van der Waals surface area contributed by atoms with Crippen LogP contribution in [0.15, 0.2) is 96.0 Å². The molecule has 0 aromatic heterocycles. The van der Waals surface area contributed by atoms with Gasteiger partial charge in [0.1, 0.15) is 11.5 Å². The minimum atomic E-state index is -0.398. The smallest absolute Gasteiger partial charge is 0.270 e. The Hall–Kier alpha value is -3.87. The van der Waals surface area contributed by atoms with Crippen molar-refractivity contribution < 1.29 is 9.66 Å². The average Bonchev–Trinajstić information content (AvgIpc) is 3.02. The zero-order chi connectivity index (χ0) is 23.5. The van der Waals surface area contributed by atoms with Gasteiger partial charge in [-0.05, 0) is 47.2 Å².